The van der Waals surface area contributed by atoms with E-state index in [0.29, 0.717) is 15.9 Å². The Morgan fingerprint density at radius 3 is 2.38 bits per heavy atom. The Bertz CT molecular complexity index is 768. The SMILES string of the molecule is CC(=O)Nc1ccc(S(=O)(=O)Nc2onc(C)c2Br)cc1. The third kappa shape index (κ3) is 3.61. The molecule has 0 aliphatic heterocycles. The lowest BCUT2D eigenvalue weighted by atomic mass is 10.3. The number of rotatable bonds is 4. The molecule has 21 heavy (non-hydrogen) atoms. The molecule has 0 fully saturated rings. The normalized spacial score (nSPS) is 11.2. The molecule has 0 saturated carbocycles. The number of benzene rings is 1. The van der Waals surface area contributed by atoms with E-state index in [-0.39, 0.29) is 16.7 Å². The molecule has 9 heteroatoms. The van der Waals surface area contributed by atoms with E-state index in [9.17, 15) is 13.2 Å². The minimum atomic E-state index is -3.79. The predicted molar refractivity (Wildman–Crippen MR) is 80.5 cm³/mol. The molecule has 0 saturated heterocycles. The molecule has 7 nitrogen and oxygen atoms in total. The lowest BCUT2D eigenvalue weighted by molar-refractivity contribution is -0.114. The third-order valence-electron chi connectivity index (χ3n) is 2.50. The maximum absolute atomic E-state index is 12.2. The van der Waals surface area contributed by atoms with Crippen molar-refractivity contribution < 1.29 is 17.7 Å². The number of halogens is 1. The highest BCUT2D eigenvalue weighted by molar-refractivity contribution is 9.10. The molecule has 2 aromatic rings. The molecule has 0 spiro atoms. The lowest BCUT2D eigenvalue weighted by Crippen LogP contribution is -2.13. The Balaban J connectivity index is 2.23. The van der Waals surface area contributed by atoms with Gasteiger partial charge in [0.15, 0.2) is 0 Å². The van der Waals surface area contributed by atoms with Crippen LogP contribution in [0, 0.1) is 6.92 Å². The van der Waals surface area contributed by atoms with Gasteiger partial charge in [0, 0.05) is 12.6 Å². The first kappa shape index (κ1) is 15.5. The second-order valence-corrected chi connectivity index (χ2v) is 6.70. The van der Waals surface area contributed by atoms with Gasteiger partial charge in [-0.05, 0) is 47.1 Å². The molecule has 1 aromatic carbocycles. The number of hydrogen-bond donors (Lipinski definition) is 2. The van der Waals surface area contributed by atoms with Gasteiger partial charge >= 0.3 is 0 Å². The van der Waals surface area contributed by atoms with Crippen LogP contribution >= 0.6 is 15.9 Å². The summed E-state index contributed by atoms with van der Waals surface area (Å²) >= 11 is 3.18. The molecule has 0 aliphatic carbocycles. The Hall–Kier alpha value is -1.87. The van der Waals surface area contributed by atoms with E-state index in [0.717, 1.165) is 0 Å². The van der Waals surface area contributed by atoms with Crippen LogP contribution in [0.5, 0.6) is 0 Å². The van der Waals surface area contributed by atoms with Gasteiger partial charge in [0.25, 0.3) is 15.9 Å². The number of aryl methyl sites for hydroxylation is 1. The van der Waals surface area contributed by atoms with Crippen LogP contribution in [0.2, 0.25) is 0 Å². The van der Waals surface area contributed by atoms with Gasteiger partial charge in [-0.1, -0.05) is 5.16 Å². The Labute approximate surface area is 129 Å². The van der Waals surface area contributed by atoms with E-state index >= 15 is 0 Å². The van der Waals surface area contributed by atoms with Gasteiger partial charge in [-0.25, -0.2) is 13.1 Å². The first-order valence-electron chi connectivity index (χ1n) is 5.82. The largest absolute Gasteiger partial charge is 0.336 e. The summed E-state index contributed by atoms with van der Waals surface area (Å²) in [4.78, 5) is 10.9. The maximum Gasteiger partial charge on any atom is 0.264 e. The van der Waals surface area contributed by atoms with Gasteiger partial charge in [0.2, 0.25) is 5.91 Å². The van der Waals surface area contributed by atoms with Gasteiger partial charge < -0.3 is 9.84 Å². The molecule has 1 aromatic heterocycles. The van der Waals surface area contributed by atoms with Gasteiger partial charge in [0.1, 0.15) is 4.47 Å². The molecule has 2 N–H and O–H groups in total. The van der Waals surface area contributed by atoms with Crippen LogP contribution in [0.25, 0.3) is 0 Å². The van der Waals surface area contributed by atoms with E-state index in [1.807, 2.05) is 0 Å². The average molecular weight is 374 g/mol. The summed E-state index contributed by atoms with van der Waals surface area (Å²) in [6, 6.07) is 5.75. The highest BCUT2D eigenvalue weighted by Crippen LogP contribution is 2.28. The molecule has 1 amide bonds. The predicted octanol–water partition coefficient (Wildman–Crippen LogP) is 2.50. The maximum atomic E-state index is 12.2. The summed E-state index contributed by atoms with van der Waals surface area (Å²) in [5, 5.41) is 6.20. The second kappa shape index (κ2) is 5.86. The molecular formula is C12H12BrN3O4S. The average Bonchev–Trinajstić information content (AvgIpc) is 2.70. The van der Waals surface area contributed by atoms with Crippen molar-refractivity contribution in [2.24, 2.45) is 0 Å². The lowest BCUT2D eigenvalue weighted by Gasteiger charge is -2.07. The highest BCUT2D eigenvalue weighted by Gasteiger charge is 2.19. The smallest absolute Gasteiger partial charge is 0.264 e. The molecule has 0 unspecified atom stereocenters. The van der Waals surface area contributed by atoms with E-state index in [1.165, 1.54) is 31.2 Å². The van der Waals surface area contributed by atoms with E-state index < -0.39 is 10.0 Å². The number of hydrogen-bond acceptors (Lipinski definition) is 5. The molecule has 0 atom stereocenters. The topological polar surface area (TPSA) is 101 Å². The Kier molecular flexibility index (Phi) is 4.33. The van der Waals surface area contributed by atoms with Crippen molar-refractivity contribution >= 4 is 43.4 Å². The van der Waals surface area contributed by atoms with Crippen LogP contribution in [-0.2, 0) is 14.8 Å². The zero-order chi connectivity index (χ0) is 15.6. The summed E-state index contributed by atoms with van der Waals surface area (Å²) in [6.07, 6.45) is 0. The molecule has 0 bridgehead atoms. The van der Waals surface area contributed by atoms with Gasteiger partial charge in [-0.2, -0.15) is 0 Å². The quantitative estimate of drug-likeness (QED) is 0.856. The summed E-state index contributed by atoms with van der Waals surface area (Å²) < 4.78 is 32.0. The van der Waals surface area contributed by atoms with Crippen molar-refractivity contribution in [3.63, 3.8) is 0 Å². The van der Waals surface area contributed by atoms with Crippen LogP contribution in [0.3, 0.4) is 0 Å². The number of nitrogens with one attached hydrogen (secondary N) is 2. The van der Waals surface area contributed by atoms with Crippen molar-refractivity contribution in [2.75, 3.05) is 10.0 Å². The Morgan fingerprint density at radius 1 is 1.29 bits per heavy atom. The number of carbonyl (C=O) groups is 1. The number of sulfonamides is 1. The number of aromatic nitrogens is 1. The molecular weight excluding hydrogens is 362 g/mol. The zero-order valence-corrected chi connectivity index (χ0v) is 13.6. The summed E-state index contributed by atoms with van der Waals surface area (Å²) in [7, 11) is -3.79. The molecule has 112 valence electrons. The van der Waals surface area contributed by atoms with Gasteiger partial charge in [0.05, 0.1) is 10.6 Å². The minimum absolute atomic E-state index is 0.0124. The van der Waals surface area contributed by atoms with Crippen molar-refractivity contribution in [1.82, 2.24) is 5.16 Å². The van der Waals surface area contributed by atoms with Crippen molar-refractivity contribution in [3.05, 3.63) is 34.4 Å². The number of amides is 1. The zero-order valence-electron chi connectivity index (χ0n) is 11.2. The first-order chi connectivity index (χ1) is 9.79. The third-order valence-corrected chi connectivity index (χ3v) is 4.78. The van der Waals surface area contributed by atoms with Crippen molar-refractivity contribution in [2.45, 2.75) is 18.7 Å². The van der Waals surface area contributed by atoms with E-state index in [4.69, 9.17) is 4.52 Å². The number of carbonyl (C=O) groups excluding carboxylic acids is 1. The van der Waals surface area contributed by atoms with Crippen LogP contribution < -0.4 is 10.0 Å². The van der Waals surface area contributed by atoms with Crippen LogP contribution in [0.15, 0.2) is 38.2 Å². The fourth-order valence-corrected chi connectivity index (χ4v) is 2.89. The summed E-state index contributed by atoms with van der Waals surface area (Å²) in [6.45, 7) is 3.05. The second-order valence-electron chi connectivity index (χ2n) is 4.22. The molecule has 2 rings (SSSR count). The highest BCUT2D eigenvalue weighted by atomic mass is 79.9. The fourth-order valence-electron chi connectivity index (χ4n) is 1.52. The fraction of sp³-hybridized carbons (Fsp3) is 0.167. The van der Waals surface area contributed by atoms with Crippen molar-refractivity contribution in [1.29, 1.82) is 0 Å². The van der Waals surface area contributed by atoms with Gasteiger partial charge in [-0.15, -0.1) is 0 Å². The number of anilines is 2. The Morgan fingerprint density at radius 2 is 1.90 bits per heavy atom. The molecule has 0 radical (unpaired) electrons. The van der Waals surface area contributed by atoms with Crippen LogP contribution in [0.1, 0.15) is 12.6 Å². The van der Waals surface area contributed by atoms with E-state index in [2.05, 4.69) is 31.1 Å². The minimum Gasteiger partial charge on any atom is -0.336 e. The van der Waals surface area contributed by atoms with E-state index in [1.54, 1.807) is 6.92 Å². The molecule has 1 heterocycles. The summed E-state index contributed by atoms with van der Waals surface area (Å²) in [5.41, 5.74) is 1.05. The van der Waals surface area contributed by atoms with Crippen LogP contribution in [-0.4, -0.2) is 19.5 Å². The number of nitrogens with zero attached hydrogens (tertiary/aromatic N) is 1. The monoisotopic (exact) mass is 373 g/mol. The van der Waals surface area contributed by atoms with Crippen LogP contribution in [0.4, 0.5) is 11.6 Å². The first-order valence-corrected chi connectivity index (χ1v) is 8.09. The standard InChI is InChI=1S/C12H12BrN3O4S/c1-7-11(13)12(20-15-7)16-21(18,19)10-5-3-9(4-6-10)14-8(2)17/h3-6,16H,1-2H3,(H,14,17). The summed E-state index contributed by atoms with van der Waals surface area (Å²) in [5.74, 6) is -0.219. The molecule has 0 aliphatic rings. The van der Waals surface area contributed by atoms with Crippen molar-refractivity contribution in [3.8, 4) is 0 Å². The van der Waals surface area contributed by atoms with Gasteiger partial charge in [-0.3, -0.25) is 4.79 Å².